The Balaban J connectivity index is 1.89. The van der Waals surface area contributed by atoms with E-state index in [1.165, 1.54) is 6.21 Å². The van der Waals surface area contributed by atoms with Crippen LogP contribution in [0.3, 0.4) is 0 Å². The van der Waals surface area contributed by atoms with Gasteiger partial charge in [0.15, 0.2) is 13.2 Å². The van der Waals surface area contributed by atoms with Crippen LogP contribution in [0.4, 0.5) is 0 Å². The number of carbonyl (C=O) groups is 2. The first-order valence-electron chi connectivity index (χ1n) is 7.92. The van der Waals surface area contributed by atoms with Gasteiger partial charge in [-0.05, 0) is 43.2 Å². The number of aryl methyl sites for hydroxylation is 1. The summed E-state index contributed by atoms with van der Waals surface area (Å²) in [6, 6.07) is 12.4. The summed E-state index contributed by atoms with van der Waals surface area (Å²) in [5, 5.41) is 12.5. The standard InChI is InChI=1S/C19H20N2O5/c1-13-6-5-9-16(14(13)2)25-11-18(22)21-20-10-15-7-3-4-8-17(15)26-12-19(23)24/h3-10H,11-12H2,1-2H3,(H,21,22)(H,23,24)/b20-10+. The highest BCUT2D eigenvalue weighted by atomic mass is 16.5. The molecule has 7 heteroatoms. The second-order valence-corrected chi connectivity index (χ2v) is 5.50. The first-order chi connectivity index (χ1) is 12.5. The summed E-state index contributed by atoms with van der Waals surface area (Å²) in [5.41, 5.74) is 4.97. The molecule has 0 aliphatic heterocycles. The number of carbonyl (C=O) groups excluding carboxylic acids is 1. The van der Waals surface area contributed by atoms with Gasteiger partial charge in [-0.15, -0.1) is 0 Å². The first kappa shape index (κ1) is 19.0. The normalized spacial score (nSPS) is 10.5. The number of hydrogen-bond acceptors (Lipinski definition) is 5. The van der Waals surface area contributed by atoms with Gasteiger partial charge in [0.25, 0.3) is 5.91 Å². The third kappa shape index (κ3) is 5.62. The summed E-state index contributed by atoms with van der Waals surface area (Å²) >= 11 is 0. The predicted octanol–water partition coefficient (Wildman–Crippen LogP) is 2.30. The quantitative estimate of drug-likeness (QED) is 0.559. The van der Waals surface area contributed by atoms with Gasteiger partial charge in [-0.2, -0.15) is 5.10 Å². The van der Waals surface area contributed by atoms with E-state index in [1.807, 2.05) is 26.0 Å². The average Bonchev–Trinajstić information content (AvgIpc) is 2.62. The van der Waals surface area contributed by atoms with Gasteiger partial charge in [-0.3, -0.25) is 4.79 Å². The molecule has 26 heavy (non-hydrogen) atoms. The lowest BCUT2D eigenvalue weighted by atomic mass is 10.1. The molecule has 0 aliphatic carbocycles. The van der Waals surface area contributed by atoms with Crippen LogP contribution in [0.2, 0.25) is 0 Å². The molecule has 2 N–H and O–H groups in total. The van der Waals surface area contributed by atoms with Crippen molar-refractivity contribution in [3.05, 3.63) is 59.2 Å². The van der Waals surface area contributed by atoms with Crippen molar-refractivity contribution in [1.29, 1.82) is 0 Å². The maximum Gasteiger partial charge on any atom is 0.341 e. The molecule has 0 radical (unpaired) electrons. The third-order valence-electron chi connectivity index (χ3n) is 3.58. The number of amides is 1. The molecular weight excluding hydrogens is 336 g/mol. The Bertz CT molecular complexity index is 817. The number of carboxylic acid groups (broad SMARTS) is 1. The predicted molar refractivity (Wildman–Crippen MR) is 96.7 cm³/mol. The second-order valence-electron chi connectivity index (χ2n) is 5.50. The van der Waals surface area contributed by atoms with E-state index in [1.54, 1.807) is 30.3 Å². The molecule has 0 saturated carbocycles. The first-order valence-corrected chi connectivity index (χ1v) is 7.92. The van der Waals surface area contributed by atoms with Crippen LogP contribution in [-0.4, -0.2) is 36.4 Å². The van der Waals surface area contributed by atoms with Crippen molar-refractivity contribution in [3.63, 3.8) is 0 Å². The van der Waals surface area contributed by atoms with E-state index in [0.29, 0.717) is 17.1 Å². The summed E-state index contributed by atoms with van der Waals surface area (Å²) < 4.78 is 10.7. The molecule has 0 atom stereocenters. The van der Waals surface area contributed by atoms with E-state index in [9.17, 15) is 9.59 Å². The SMILES string of the molecule is Cc1cccc(OCC(=O)N/N=C/c2ccccc2OCC(=O)O)c1C. The number of para-hydroxylation sites is 1. The Morgan fingerprint density at radius 2 is 1.73 bits per heavy atom. The lowest BCUT2D eigenvalue weighted by molar-refractivity contribution is -0.139. The van der Waals surface area contributed by atoms with Crippen molar-refractivity contribution >= 4 is 18.1 Å². The smallest absolute Gasteiger partial charge is 0.341 e. The zero-order chi connectivity index (χ0) is 18.9. The minimum absolute atomic E-state index is 0.168. The third-order valence-corrected chi connectivity index (χ3v) is 3.58. The molecular formula is C19H20N2O5. The van der Waals surface area contributed by atoms with E-state index < -0.39 is 18.5 Å². The van der Waals surface area contributed by atoms with E-state index in [2.05, 4.69) is 10.5 Å². The van der Waals surface area contributed by atoms with E-state index >= 15 is 0 Å². The number of nitrogens with one attached hydrogen (secondary N) is 1. The van der Waals surface area contributed by atoms with Crippen LogP contribution in [0.5, 0.6) is 11.5 Å². The van der Waals surface area contributed by atoms with Gasteiger partial charge in [0.05, 0.1) is 6.21 Å². The summed E-state index contributed by atoms with van der Waals surface area (Å²) in [7, 11) is 0. The molecule has 0 heterocycles. The van der Waals surface area contributed by atoms with Crippen LogP contribution < -0.4 is 14.9 Å². The van der Waals surface area contributed by atoms with Crippen LogP contribution in [0.1, 0.15) is 16.7 Å². The number of rotatable bonds is 8. The average molecular weight is 356 g/mol. The van der Waals surface area contributed by atoms with E-state index in [0.717, 1.165) is 11.1 Å². The molecule has 0 saturated heterocycles. The zero-order valence-corrected chi connectivity index (χ0v) is 14.6. The monoisotopic (exact) mass is 356 g/mol. The van der Waals surface area contributed by atoms with Crippen molar-refractivity contribution < 1.29 is 24.2 Å². The van der Waals surface area contributed by atoms with Crippen LogP contribution >= 0.6 is 0 Å². The number of ether oxygens (including phenoxy) is 2. The van der Waals surface area contributed by atoms with Gasteiger partial charge in [-0.1, -0.05) is 24.3 Å². The van der Waals surface area contributed by atoms with Crippen molar-refractivity contribution in [1.82, 2.24) is 5.43 Å². The number of hydrogen-bond donors (Lipinski definition) is 2. The minimum Gasteiger partial charge on any atom is -0.483 e. The molecule has 0 aliphatic rings. The zero-order valence-electron chi connectivity index (χ0n) is 14.6. The van der Waals surface area contributed by atoms with Gasteiger partial charge in [-0.25, -0.2) is 10.2 Å². The molecule has 0 aromatic heterocycles. The second kappa shape index (κ2) is 9.22. The fraction of sp³-hybridized carbons (Fsp3) is 0.211. The van der Waals surface area contributed by atoms with Gasteiger partial charge in [0.1, 0.15) is 11.5 Å². The van der Waals surface area contributed by atoms with Gasteiger partial charge in [0, 0.05) is 5.56 Å². The Morgan fingerprint density at radius 3 is 2.50 bits per heavy atom. The van der Waals surface area contributed by atoms with Crippen LogP contribution in [-0.2, 0) is 9.59 Å². The number of carboxylic acids is 1. The van der Waals surface area contributed by atoms with Crippen LogP contribution in [0.25, 0.3) is 0 Å². The lowest BCUT2D eigenvalue weighted by Crippen LogP contribution is -2.24. The molecule has 2 aromatic carbocycles. The fourth-order valence-corrected chi connectivity index (χ4v) is 2.09. The molecule has 1 amide bonds. The topological polar surface area (TPSA) is 97.2 Å². The molecule has 0 fully saturated rings. The molecule has 0 unspecified atom stereocenters. The lowest BCUT2D eigenvalue weighted by Gasteiger charge is -2.10. The van der Waals surface area contributed by atoms with Crippen molar-refractivity contribution in [2.24, 2.45) is 5.10 Å². The maximum absolute atomic E-state index is 11.8. The van der Waals surface area contributed by atoms with Gasteiger partial charge >= 0.3 is 5.97 Å². The summed E-state index contributed by atoms with van der Waals surface area (Å²) in [4.78, 5) is 22.4. The number of aliphatic carboxylic acids is 1. The molecule has 2 rings (SSSR count). The highest BCUT2D eigenvalue weighted by Crippen LogP contribution is 2.20. The summed E-state index contributed by atoms with van der Waals surface area (Å²) in [5.74, 6) is -0.476. The molecule has 2 aromatic rings. The molecule has 136 valence electrons. The number of hydrazone groups is 1. The van der Waals surface area contributed by atoms with Crippen molar-refractivity contribution in [3.8, 4) is 11.5 Å². The van der Waals surface area contributed by atoms with Crippen LogP contribution in [0.15, 0.2) is 47.6 Å². The Morgan fingerprint density at radius 1 is 1.04 bits per heavy atom. The van der Waals surface area contributed by atoms with E-state index in [4.69, 9.17) is 14.6 Å². The highest BCUT2D eigenvalue weighted by molar-refractivity contribution is 5.85. The Kier molecular flexibility index (Phi) is 6.73. The summed E-state index contributed by atoms with van der Waals surface area (Å²) in [6.45, 7) is 3.27. The van der Waals surface area contributed by atoms with Crippen LogP contribution in [0, 0.1) is 13.8 Å². The molecule has 7 nitrogen and oxygen atoms in total. The van der Waals surface area contributed by atoms with Gasteiger partial charge in [0.2, 0.25) is 0 Å². The minimum atomic E-state index is -1.08. The Labute approximate surface area is 151 Å². The molecule has 0 spiro atoms. The van der Waals surface area contributed by atoms with E-state index in [-0.39, 0.29) is 6.61 Å². The van der Waals surface area contributed by atoms with Crippen molar-refractivity contribution in [2.75, 3.05) is 13.2 Å². The largest absolute Gasteiger partial charge is 0.483 e. The van der Waals surface area contributed by atoms with Gasteiger partial charge < -0.3 is 14.6 Å². The molecule has 0 bridgehead atoms. The Hall–Kier alpha value is -3.35. The number of benzene rings is 2. The highest BCUT2D eigenvalue weighted by Gasteiger charge is 2.06. The fourth-order valence-electron chi connectivity index (χ4n) is 2.09. The number of nitrogens with zero attached hydrogens (tertiary/aromatic N) is 1. The maximum atomic E-state index is 11.8. The summed E-state index contributed by atoms with van der Waals surface area (Å²) in [6.07, 6.45) is 1.38. The van der Waals surface area contributed by atoms with Crippen molar-refractivity contribution in [2.45, 2.75) is 13.8 Å².